The molecule has 4 rings (SSSR count). The molecule has 0 bridgehead atoms. The van der Waals surface area contributed by atoms with Gasteiger partial charge >= 0.3 is 6.18 Å². The molecule has 2 fully saturated rings. The van der Waals surface area contributed by atoms with Crippen molar-refractivity contribution in [2.24, 2.45) is 0 Å². The molecule has 2 N–H and O–H groups in total. The minimum atomic E-state index is -4.46. The zero-order chi connectivity index (χ0) is 19.6. The second-order valence-corrected chi connectivity index (χ2v) is 7.30. The molecule has 0 amide bonds. The number of alkyl halides is 3. The molecule has 154 valence electrons. The first-order valence-corrected chi connectivity index (χ1v) is 9.73. The quantitative estimate of drug-likeness (QED) is 0.810. The minimum absolute atomic E-state index is 0.111. The van der Waals surface area contributed by atoms with Crippen LogP contribution in [0.1, 0.15) is 30.0 Å². The lowest BCUT2D eigenvalue weighted by atomic mass is 9.96. The number of aromatic nitrogens is 2. The van der Waals surface area contributed by atoms with E-state index in [-0.39, 0.29) is 11.6 Å². The summed E-state index contributed by atoms with van der Waals surface area (Å²) in [7, 11) is 0. The molecule has 2 aromatic heterocycles. The Bertz CT molecular complexity index is 796. The van der Waals surface area contributed by atoms with Crippen molar-refractivity contribution in [3.05, 3.63) is 23.5 Å². The molecule has 6 nitrogen and oxygen atoms in total. The molecule has 0 aliphatic carbocycles. The van der Waals surface area contributed by atoms with Crippen LogP contribution < -0.4 is 5.32 Å². The van der Waals surface area contributed by atoms with Crippen molar-refractivity contribution in [1.82, 2.24) is 14.9 Å². The molecule has 4 heterocycles. The maximum atomic E-state index is 13.6. The lowest BCUT2D eigenvalue weighted by Crippen LogP contribution is -2.39. The molecule has 0 saturated carbocycles. The summed E-state index contributed by atoms with van der Waals surface area (Å²) >= 11 is 0. The average Bonchev–Trinajstić information content (AvgIpc) is 3.13. The standard InChI is InChI=1S/C19H25F3N4O2/c20-19(21,22)15-12-24-18-14(11-16(25-18)13-1-7-27-8-2-13)17(15)23-3-4-26-5-9-28-10-6-26/h11-13H,1-10H2,(H2,23,24,25). The van der Waals surface area contributed by atoms with E-state index in [2.05, 4.69) is 20.2 Å². The summed E-state index contributed by atoms with van der Waals surface area (Å²) < 4.78 is 51.5. The van der Waals surface area contributed by atoms with E-state index in [9.17, 15) is 13.2 Å². The van der Waals surface area contributed by atoms with Crippen molar-refractivity contribution in [3.8, 4) is 0 Å². The van der Waals surface area contributed by atoms with Gasteiger partial charge in [-0.3, -0.25) is 4.90 Å². The molecular weight excluding hydrogens is 373 g/mol. The van der Waals surface area contributed by atoms with Gasteiger partial charge in [0, 0.05) is 62.6 Å². The summed E-state index contributed by atoms with van der Waals surface area (Å²) in [5, 5.41) is 3.54. The molecule has 0 aromatic carbocycles. The van der Waals surface area contributed by atoms with Crippen LogP contribution in [0, 0.1) is 0 Å². The van der Waals surface area contributed by atoms with E-state index in [4.69, 9.17) is 9.47 Å². The number of halogens is 3. The fraction of sp³-hybridized carbons (Fsp3) is 0.632. The van der Waals surface area contributed by atoms with E-state index >= 15 is 0 Å². The number of rotatable bonds is 5. The van der Waals surface area contributed by atoms with Crippen molar-refractivity contribution < 1.29 is 22.6 Å². The maximum Gasteiger partial charge on any atom is 0.419 e. The summed E-state index contributed by atoms with van der Waals surface area (Å²) in [6.07, 6.45) is -1.82. The van der Waals surface area contributed by atoms with Crippen LogP contribution in [0.2, 0.25) is 0 Å². The van der Waals surface area contributed by atoms with Crippen LogP contribution in [0.25, 0.3) is 11.0 Å². The highest BCUT2D eigenvalue weighted by molar-refractivity contribution is 5.92. The van der Waals surface area contributed by atoms with Crippen LogP contribution in [0.3, 0.4) is 0 Å². The SMILES string of the molecule is FC(F)(F)c1cnc2[nH]c(C3CCOCC3)cc2c1NCCN1CCOCC1. The van der Waals surface area contributed by atoms with Gasteiger partial charge in [0.25, 0.3) is 0 Å². The first-order chi connectivity index (χ1) is 13.5. The molecule has 2 aliphatic heterocycles. The fourth-order valence-corrected chi connectivity index (χ4v) is 3.89. The van der Waals surface area contributed by atoms with Crippen LogP contribution in [0.5, 0.6) is 0 Å². The molecule has 28 heavy (non-hydrogen) atoms. The monoisotopic (exact) mass is 398 g/mol. The normalized spacial score (nSPS) is 20.0. The number of anilines is 1. The Morgan fingerprint density at radius 3 is 2.57 bits per heavy atom. The number of H-pyrrole nitrogens is 1. The van der Waals surface area contributed by atoms with Crippen LogP contribution in [-0.4, -0.2) is 67.5 Å². The summed E-state index contributed by atoms with van der Waals surface area (Å²) in [6, 6.07) is 1.82. The number of pyridine rings is 1. The zero-order valence-electron chi connectivity index (χ0n) is 15.6. The second-order valence-electron chi connectivity index (χ2n) is 7.30. The Morgan fingerprint density at radius 1 is 1.14 bits per heavy atom. The molecule has 0 radical (unpaired) electrons. The summed E-state index contributed by atoms with van der Waals surface area (Å²) in [5.41, 5.74) is 0.810. The number of hydrogen-bond donors (Lipinski definition) is 2. The van der Waals surface area contributed by atoms with Gasteiger partial charge in [-0.15, -0.1) is 0 Å². The van der Waals surface area contributed by atoms with Gasteiger partial charge in [0.2, 0.25) is 0 Å². The van der Waals surface area contributed by atoms with E-state index in [0.29, 0.717) is 50.6 Å². The Labute approximate surface area is 161 Å². The molecule has 2 saturated heterocycles. The van der Waals surface area contributed by atoms with Gasteiger partial charge in [0.1, 0.15) is 5.65 Å². The number of fused-ring (bicyclic) bond motifs is 1. The van der Waals surface area contributed by atoms with Crippen LogP contribution >= 0.6 is 0 Å². The van der Waals surface area contributed by atoms with Gasteiger partial charge < -0.3 is 19.8 Å². The maximum absolute atomic E-state index is 13.6. The van der Waals surface area contributed by atoms with Gasteiger partial charge in [-0.05, 0) is 18.9 Å². The molecule has 2 aliphatic rings. The molecule has 0 unspecified atom stereocenters. The highest BCUT2D eigenvalue weighted by Crippen LogP contribution is 2.39. The highest BCUT2D eigenvalue weighted by Gasteiger charge is 2.35. The Morgan fingerprint density at radius 2 is 1.86 bits per heavy atom. The number of ether oxygens (including phenoxy) is 2. The molecule has 9 heteroatoms. The number of hydrogen-bond acceptors (Lipinski definition) is 5. The average molecular weight is 398 g/mol. The lowest BCUT2D eigenvalue weighted by molar-refractivity contribution is -0.137. The number of aromatic amines is 1. The zero-order valence-corrected chi connectivity index (χ0v) is 15.6. The molecule has 2 aromatic rings. The topological polar surface area (TPSA) is 62.4 Å². The molecular formula is C19H25F3N4O2. The second kappa shape index (κ2) is 8.26. The number of nitrogens with one attached hydrogen (secondary N) is 2. The third-order valence-corrected chi connectivity index (χ3v) is 5.48. The third kappa shape index (κ3) is 4.26. The predicted molar refractivity (Wildman–Crippen MR) is 99.6 cm³/mol. The summed E-state index contributed by atoms with van der Waals surface area (Å²) in [6.45, 7) is 5.38. The largest absolute Gasteiger partial charge is 0.419 e. The number of nitrogens with zero attached hydrogens (tertiary/aromatic N) is 2. The smallest absolute Gasteiger partial charge is 0.383 e. The minimum Gasteiger partial charge on any atom is -0.383 e. The highest BCUT2D eigenvalue weighted by atomic mass is 19.4. The van der Waals surface area contributed by atoms with E-state index in [1.165, 1.54) is 0 Å². The van der Waals surface area contributed by atoms with Crippen molar-refractivity contribution in [1.29, 1.82) is 0 Å². The predicted octanol–water partition coefficient (Wildman–Crippen LogP) is 3.22. The van der Waals surface area contributed by atoms with Gasteiger partial charge in [-0.1, -0.05) is 0 Å². The van der Waals surface area contributed by atoms with E-state index in [1.807, 2.05) is 6.07 Å². The van der Waals surface area contributed by atoms with Crippen LogP contribution in [-0.2, 0) is 15.7 Å². The van der Waals surface area contributed by atoms with Gasteiger partial charge in [0.15, 0.2) is 0 Å². The van der Waals surface area contributed by atoms with E-state index in [1.54, 1.807) is 0 Å². The summed E-state index contributed by atoms with van der Waals surface area (Å²) in [4.78, 5) is 9.46. The molecule has 0 spiro atoms. The van der Waals surface area contributed by atoms with Crippen LogP contribution in [0.15, 0.2) is 12.3 Å². The first-order valence-electron chi connectivity index (χ1n) is 9.73. The van der Waals surface area contributed by atoms with E-state index in [0.717, 1.165) is 37.8 Å². The van der Waals surface area contributed by atoms with Crippen molar-refractivity contribution >= 4 is 16.7 Å². The van der Waals surface area contributed by atoms with Gasteiger partial charge in [0.05, 0.1) is 24.5 Å². The Kier molecular flexibility index (Phi) is 5.75. The molecule has 0 atom stereocenters. The third-order valence-electron chi connectivity index (χ3n) is 5.48. The Hall–Kier alpha value is -1.84. The van der Waals surface area contributed by atoms with Crippen molar-refractivity contribution in [3.63, 3.8) is 0 Å². The van der Waals surface area contributed by atoms with Crippen LogP contribution in [0.4, 0.5) is 18.9 Å². The van der Waals surface area contributed by atoms with Crippen molar-refractivity contribution in [2.75, 3.05) is 57.9 Å². The summed E-state index contributed by atoms with van der Waals surface area (Å²) in [5.74, 6) is 0.262. The van der Waals surface area contributed by atoms with E-state index < -0.39 is 11.7 Å². The van der Waals surface area contributed by atoms with Crippen molar-refractivity contribution in [2.45, 2.75) is 24.9 Å². The Balaban J connectivity index is 1.59. The fourth-order valence-electron chi connectivity index (χ4n) is 3.89. The van der Waals surface area contributed by atoms with Gasteiger partial charge in [-0.2, -0.15) is 13.2 Å². The first kappa shape index (κ1) is 19.5. The van der Waals surface area contributed by atoms with Gasteiger partial charge in [-0.25, -0.2) is 4.98 Å². The number of morpholine rings is 1. The lowest BCUT2D eigenvalue weighted by Gasteiger charge is -2.27.